The lowest BCUT2D eigenvalue weighted by Gasteiger charge is -1.91. The first kappa shape index (κ1) is 10.6. The summed E-state index contributed by atoms with van der Waals surface area (Å²) in [7, 11) is 0. The molecule has 0 saturated carbocycles. The molecule has 3 heteroatoms. The van der Waals surface area contributed by atoms with Gasteiger partial charge >= 0.3 is 0 Å². The highest BCUT2D eigenvalue weighted by molar-refractivity contribution is 5.50. The van der Waals surface area contributed by atoms with E-state index in [1.165, 1.54) is 0 Å². The van der Waals surface area contributed by atoms with Crippen LogP contribution in [-0.2, 0) is 6.54 Å². The van der Waals surface area contributed by atoms with Crippen molar-refractivity contribution in [1.82, 2.24) is 9.78 Å². The van der Waals surface area contributed by atoms with Crippen molar-refractivity contribution in [2.24, 2.45) is 0 Å². The summed E-state index contributed by atoms with van der Waals surface area (Å²) in [6.07, 6.45) is 3.60. The lowest BCUT2D eigenvalue weighted by Crippen LogP contribution is -1.93. The maximum absolute atomic E-state index is 5.20. The monoisotopic (exact) mass is 192 g/mol. The molecule has 3 nitrogen and oxygen atoms in total. The Kier molecular flexibility index (Phi) is 3.98. The maximum Gasteiger partial charge on any atom is 0.154 e. The van der Waals surface area contributed by atoms with Gasteiger partial charge in [-0.15, -0.1) is 0 Å². The van der Waals surface area contributed by atoms with Gasteiger partial charge in [0.2, 0.25) is 0 Å². The van der Waals surface area contributed by atoms with Crippen molar-refractivity contribution in [3.8, 4) is 11.5 Å². The highest BCUT2D eigenvalue weighted by Gasteiger charge is 2.02. The minimum absolute atomic E-state index is 0.821. The second-order valence-corrected chi connectivity index (χ2v) is 2.53. The minimum Gasteiger partial charge on any atom is -0.463 e. The van der Waals surface area contributed by atoms with Crippen LogP contribution in [0.1, 0.15) is 20.8 Å². The van der Waals surface area contributed by atoms with Crippen molar-refractivity contribution in [2.75, 3.05) is 0 Å². The molecule has 2 rings (SSSR count). The second-order valence-electron chi connectivity index (χ2n) is 2.53. The summed E-state index contributed by atoms with van der Waals surface area (Å²) in [6.45, 7) is 6.94. The zero-order valence-corrected chi connectivity index (χ0v) is 8.90. The predicted octanol–water partition coefficient (Wildman–Crippen LogP) is 3.19. The third-order valence-corrected chi connectivity index (χ3v) is 1.74. The summed E-state index contributed by atoms with van der Waals surface area (Å²) in [5.41, 5.74) is 0.891. The number of furan rings is 1. The quantitative estimate of drug-likeness (QED) is 0.731. The Labute approximate surface area is 84.4 Å². The first-order chi connectivity index (χ1) is 6.90. The molecule has 0 atom stereocenters. The molecule has 76 valence electrons. The van der Waals surface area contributed by atoms with Gasteiger partial charge in [-0.05, 0) is 25.1 Å². The minimum atomic E-state index is 0.821. The Morgan fingerprint density at radius 2 is 2.14 bits per heavy atom. The highest BCUT2D eigenvalue weighted by atomic mass is 16.3. The van der Waals surface area contributed by atoms with Crippen LogP contribution in [0.5, 0.6) is 0 Å². The largest absolute Gasteiger partial charge is 0.463 e. The Balaban J connectivity index is 0.000000461. The van der Waals surface area contributed by atoms with E-state index in [2.05, 4.69) is 12.0 Å². The molecule has 0 amide bonds. The van der Waals surface area contributed by atoms with Gasteiger partial charge in [0, 0.05) is 12.7 Å². The Morgan fingerprint density at radius 3 is 2.64 bits per heavy atom. The first-order valence-electron chi connectivity index (χ1n) is 4.97. The SMILES string of the molecule is CC.CCn1ccc(-c2ccco2)n1. The zero-order chi connectivity index (χ0) is 10.4. The van der Waals surface area contributed by atoms with Crippen LogP contribution in [0.4, 0.5) is 0 Å². The molecule has 0 radical (unpaired) electrons. The molecule has 0 aromatic carbocycles. The van der Waals surface area contributed by atoms with Crippen LogP contribution < -0.4 is 0 Å². The van der Waals surface area contributed by atoms with Gasteiger partial charge in [-0.3, -0.25) is 4.68 Å². The summed E-state index contributed by atoms with van der Waals surface area (Å²) in [5.74, 6) is 0.821. The van der Waals surface area contributed by atoms with Crippen LogP contribution in [0.2, 0.25) is 0 Å². The fourth-order valence-electron chi connectivity index (χ4n) is 1.09. The molecule has 0 N–H and O–H groups in total. The van der Waals surface area contributed by atoms with Gasteiger partial charge in [-0.1, -0.05) is 13.8 Å². The lowest BCUT2D eigenvalue weighted by molar-refractivity contribution is 0.575. The fraction of sp³-hybridized carbons (Fsp3) is 0.364. The molecule has 14 heavy (non-hydrogen) atoms. The van der Waals surface area contributed by atoms with Gasteiger partial charge in [0.15, 0.2) is 5.76 Å². The predicted molar refractivity (Wildman–Crippen MR) is 57.0 cm³/mol. The molecule has 0 saturated heterocycles. The number of nitrogens with zero attached hydrogens (tertiary/aromatic N) is 2. The molecule has 0 aliphatic rings. The van der Waals surface area contributed by atoms with Crippen molar-refractivity contribution >= 4 is 0 Å². The third-order valence-electron chi connectivity index (χ3n) is 1.74. The van der Waals surface area contributed by atoms with Gasteiger partial charge in [-0.25, -0.2) is 0 Å². The van der Waals surface area contributed by atoms with Crippen molar-refractivity contribution in [3.05, 3.63) is 30.7 Å². The van der Waals surface area contributed by atoms with E-state index in [0.717, 1.165) is 18.0 Å². The zero-order valence-electron chi connectivity index (χ0n) is 8.90. The van der Waals surface area contributed by atoms with Crippen molar-refractivity contribution in [2.45, 2.75) is 27.3 Å². The number of aryl methyl sites for hydroxylation is 1. The fourth-order valence-corrected chi connectivity index (χ4v) is 1.09. The number of aromatic nitrogens is 2. The average Bonchev–Trinajstić information content (AvgIpc) is 2.91. The molecule has 2 aromatic heterocycles. The van der Waals surface area contributed by atoms with E-state index in [1.54, 1.807) is 6.26 Å². The summed E-state index contributed by atoms with van der Waals surface area (Å²) < 4.78 is 7.07. The Hall–Kier alpha value is -1.51. The summed E-state index contributed by atoms with van der Waals surface area (Å²) >= 11 is 0. The summed E-state index contributed by atoms with van der Waals surface area (Å²) in [4.78, 5) is 0. The standard InChI is InChI=1S/C9H10N2O.C2H6/c1-2-11-6-5-8(10-11)9-4-3-7-12-9;1-2/h3-7H,2H2,1H3;1-2H3. The van der Waals surface area contributed by atoms with Crippen LogP contribution in [0.15, 0.2) is 35.1 Å². The van der Waals surface area contributed by atoms with E-state index in [-0.39, 0.29) is 0 Å². The first-order valence-corrected chi connectivity index (χ1v) is 4.97. The van der Waals surface area contributed by atoms with Crippen LogP contribution in [-0.4, -0.2) is 9.78 Å². The van der Waals surface area contributed by atoms with Crippen molar-refractivity contribution < 1.29 is 4.42 Å². The summed E-state index contributed by atoms with van der Waals surface area (Å²) in [6, 6.07) is 5.71. The van der Waals surface area contributed by atoms with Gasteiger partial charge in [0.05, 0.1) is 6.26 Å². The van der Waals surface area contributed by atoms with Gasteiger partial charge in [0.1, 0.15) is 5.69 Å². The molecule has 0 fully saturated rings. The Morgan fingerprint density at radius 1 is 1.36 bits per heavy atom. The second kappa shape index (κ2) is 5.27. The molecule has 0 aliphatic carbocycles. The lowest BCUT2D eigenvalue weighted by atomic mass is 10.3. The van der Waals surface area contributed by atoms with E-state index in [9.17, 15) is 0 Å². The van der Waals surface area contributed by atoms with Gasteiger partial charge in [0.25, 0.3) is 0 Å². The topological polar surface area (TPSA) is 31.0 Å². The van der Waals surface area contributed by atoms with E-state index >= 15 is 0 Å². The van der Waals surface area contributed by atoms with Crippen LogP contribution >= 0.6 is 0 Å². The molecule has 2 heterocycles. The summed E-state index contributed by atoms with van der Waals surface area (Å²) in [5, 5.41) is 4.29. The van der Waals surface area contributed by atoms with Crippen LogP contribution in [0.3, 0.4) is 0 Å². The van der Waals surface area contributed by atoms with Crippen LogP contribution in [0, 0.1) is 0 Å². The number of hydrogen-bond acceptors (Lipinski definition) is 2. The van der Waals surface area contributed by atoms with Gasteiger partial charge < -0.3 is 4.42 Å². The highest BCUT2D eigenvalue weighted by Crippen LogP contribution is 2.16. The average molecular weight is 192 g/mol. The molecule has 0 unspecified atom stereocenters. The van der Waals surface area contributed by atoms with E-state index in [4.69, 9.17) is 4.42 Å². The molecular weight excluding hydrogens is 176 g/mol. The number of rotatable bonds is 2. The molecular formula is C11H16N2O. The van der Waals surface area contributed by atoms with Crippen LogP contribution in [0.25, 0.3) is 11.5 Å². The normalized spacial score (nSPS) is 9.36. The molecule has 0 bridgehead atoms. The van der Waals surface area contributed by atoms with E-state index in [0.29, 0.717) is 0 Å². The van der Waals surface area contributed by atoms with Gasteiger partial charge in [-0.2, -0.15) is 5.10 Å². The van der Waals surface area contributed by atoms with Crippen molar-refractivity contribution in [3.63, 3.8) is 0 Å². The van der Waals surface area contributed by atoms with Crippen molar-refractivity contribution in [1.29, 1.82) is 0 Å². The Bertz CT molecular complexity index is 349. The molecule has 0 spiro atoms. The maximum atomic E-state index is 5.20. The van der Waals surface area contributed by atoms with E-state index in [1.807, 2.05) is 42.9 Å². The third kappa shape index (κ3) is 2.25. The number of hydrogen-bond donors (Lipinski definition) is 0. The molecule has 0 aliphatic heterocycles. The smallest absolute Gasteiger partial charge is 0.154 e. The van der Waals surface area contributed by atoms with E-state index < -0.39 is 0 Å². The molecule has 2 aromatic rings.